The van der Waals surface area contributed by atoms with Gasteiger partial charge in [-0.3, -0.25) is 4.68 Å². The van der Waals surface area contributed by atoms with Gasteiger partial charge in [0.2, 0.25) is 0 Å². The van der Waals surface area contributed by atoms with E-state index < -0.39 is 0 Å². The highest BCUT2D eigenvalue weighted by Crippen LogP contribution is 2.43. The molecule has 0 bridgehead atoms. The number of nitrogens with zero attached hydrogens (tertiary/aromatic N) is 2. The lowest BCUT2D eigenvalue weighted by Crippen LogP contribution is -2.39. The summed E-state index contributed by atoms with van der Waals surface area (Å²) in [5.74, 6) is 0. The summed E-state index contributed by atoms with van der Waals surface area (Å²) < 4.78 is 1.90. The summed E-state index contributed by atoms with van der Waals surface area (Å²) in [5.41, 5.74) is 8.20. The topological polar surface area (TPSA) is 43.8 Å². The van der Waals surface area contributed by atoms with Gasteiger partial charge < -0.3 is 5.73 Å². The quantitative estimate of drug-likeness (QED) is 0.859. The van der Waals surface area contributed by atoms with Gasteiger partial charge in [-0.2, -0.15) is 5.10 Å². The highest BCUT2D eigenvalue weighted by molar-refractivity contribution is 6.31. The molecule has 3 nitrogen and oxygen atoms in total. The van der Waals surface area contributed by atoms with Gasteiger partial charge in [0.05, 0.1) is 16.4 Å². The molecular weight excluding hydrogens is 210 g/mol. The van der Waals surface area contributed by atoms with Crippen LogP contribution in [0.4, 0.5) is 0 Å². The average molecular weight is 228 g/mol. The smallest absolute Gasteiger partial charge is 0.0847 e. The fourth-order valence-electron chi connectivity index (χ4n) is 2.36. The number of aryl methyl sites for hydroxylation is 2. The minimum Gasteiger partial charge on any atom is -0.330 e. The molecule has 0 saturated heterocycles. The van der Waals surface area contributed by atoms with Crippen LogP contribution in [0.2, 0.25) is 5.02 Å². The summed E-state index contributed by atoms with van der Waals surface area (Å²) >= 11 is 6.23. The van der Waals surface area contributed by atoms with E-state index in [1.165, 1.54) is 19.3 Å². The number of hydrogen-bond acceptors (Lipinski definition) is 2. The molecule has 0 radical (unpaired) electrons. The Bertz CT molecular complexity index is 361. The van der Waals surface area contributed by atoms with Crippen LogP contribution in [0.5, 0.6) is 0 Å². The maximum atomic E-state index is 6.23. The molecule has 1 aromatic rings. The molecule has 0 amide bonds. The third-order valence-corrected chi connectivity index (χ3v) is 4.14. The summed E-state index contributed by atoms with van der Waals surface area (Å²) in [6, 6.07) is 0. The first-order valence-electron chi connectivity index (χ1n) is 5.46. The van der Waals surface area contributed by atoms with E-state index in [-0.39, 0.29) is 0 Å². The van der Waals surface area contributed by atoms with Crippen molar-refractivity contribution in [3.63, 3.8) is 0 Å². The normalized spacial score (nSPS) is 18.9. The Balaban J connectivity index is 2.23. The van der Waals surface area contributed by atoms with E-state index in [1.807, 2.05) is 18.7 Å². The Kier molecular flexibility index (Phi) is 2.77. The lowest BCUT2D eigenvalue weighted by Gasteiger charge is -2.41. The number of halogens is 1. The molecule has 1 heterocycles. The van der Waals surface area contributed by atoms with E-state index in [0.717, 1.165) is 29.4 Å². The molecule has 15 heavy (non-hydrogen) atoms. The van der Waals surface area contributed by atoms with Crippen LogP contribution in [0, 0.1) is 12.3 Å². The first kappa shape index (κ1) is 11.0. The lowest BCUT2D eigenvalue weighted by molar-refractivity contribution is 0.141. The van der Waals surface area contributed by atoms with Gasteiger partial charge in [-0.15, -0.1) is 0 Å². The van der Waals surface area contributed by atoms with Crippen molar-refractivity contribution in [3.8, 4) is 0 Å². The zero-order valence-corrected chi connectivity index (χ0v) is 10.1. The zero-order valence-electron chi connectivity index (χ0n) is 9.39. The van der Waals surface area contributed by atoms with Crippen LogP contribution in [-0.2, 0) is 13.5 Å². The van der Waals surface area contributed by atoms with Gasteiger partial charge in [0, 0.05) is 7.05 Å². The zero-order chi connectivity index (χ0) is 11.1. The molecule has 1 aromatic heterocycles. The molecule has 1 aliphatic carbocycles. The van der Waals surface area contributed by atoms with Crippen LogP contribution in [0.1, 0.15) is 30.7 Å². The average Bonchev–Trinajstić information content (AvgIpc) is 2.37. The van der Waals surface area contributed by atoms with Gasteiger partial charge in [-0.25, -0.2) is 0 Å². The number of aromatic nitrogens is 2. The largest absolute Gasteiger partial charge is 0.330 e. The summed E-state index contributed by atoms with van der Waals surface area (Å²) in [4.78, 5) is 0. The second kappa shape index (κ2) is 3.80. The molecule has 1 aliphatic rings. The number of rotatable bonds is 3. The molecule has 0 aliphatic heterocycles. The molecule has 84 valence electrons. The second-order valence-electron chi connectivity index (χ2n) is 4.70. The Morgan fingerprint density at radius 1 is 1.53 bits per heavy atom. The van der Waals surface area contributed by atoms with E-state index in [2.05, 4.69) is 5.10 Å². The standard InChI is InChI=1S/C11H18ClN3/c1-8-10(12)9(15(2)14-8)6-11(7-13)4-3-5-11/h3-7,13H2,1-2H3. The lowest BCUT2D eigenvalue weighted by atomic mass is 9.66. The van der Waals surface area contributed by atoms with Gasteiger partial charge in [0.25, 0.3) is 0 Å². The third kappa shape index (κ3) is 1.79. The van der Waals surface area contributed by atoms with Crippen LogP contribution in [-0.4, -0.2) is 16.3 Å². The summed E-state index contributed by atoms with van der Waals surface area (Å²) in [6.07, 6.45) is 4.72. The molecule has 2 N–H and O–H groups in total. The molecule has 0 unspecified atom stereocenters. The van der Waals surface area contributed by atoms with Crippen molar-refractivity contribution in [1.29, 1.82) is 0 Å². The summed E-state index contributed by atoms with van der Waals surface area (Å²) in [5, 5.41) is 5.15. The van der Waals surface area contributed by atoms with Crippen molar-refractivity contribution in [3.05, 3.63) is 16.4 Å². The molecular formula is C11H18ClN3. The predicted octanol–water partition coefficient (Wildman–Crippen LogP) is 2.05. The van der Waals surface area contributed by atoms with Gasteiger partial charge >= 0.3 is 0 Å². The van der Waals surface area contributed by atoms with Crippen molar-refractivity contribution < 1.29 is 0 Å². The first-order valence-corrected chi connectivity index (χ1v) is 5.84. The maximum Gasteiger partial charge on any atom is 0.0847 e. The van der Waals surface area contributed by atoms with Crippen LogP contribution in [0.3, 0.4) is 0 Å². The predicted molar refractivity (Wildman–Crippen MR) is 62.0 cm³/mol. The van der Waals surface area contributed by atoms with E-state index in [4.69, 9.17) is 17.3 Å². The summed E-state index contributed by atoms with van der Waals surface area (Å²) in [6.45, 7) is 2.70. The fourth-order valence-corrected chi connectivity index (χ4v) is 2.58. The molecule has 1 saturated carbocycles. The van der Waals surface area contributed by atoms with E-state index in [1.54, 1.807) is 0 Å². The summed E-state index contributed by atoms with van der Waals surface area (Å²) in [7, 11) is 1.96. The molecule has 4 heteroatoms. The molecule has 0 spiro atoms. The van der Waals surface area contributed by atoms with Crippen molar-refractivity contribution >= 4 is 11.6 Å². The van der Waals surface area contributed by atoms with Crippen LogP contribution < -0.4 is 5.73 Å². The van der Waals surface area contributed by atoms with Crippen LogP contribution in [0.15, 0.2) is 0 Å². The van der Waals surface area contributed by atoms with E-state index in [0.29, 0.717) is 5.41 Å². The van der Waals surface area contributed by atoms with Crippen molar-refractivity contribution in [2.75, 3.05) is 6.54 Å². The van der Waals surface area contributed by atoms with Crippen molar-refractivity contribution in [2.45, 2.75) is 32.6 Å². The SMILES string of the molecule is Cc1nn(C)c(CC2(CN)CCC2)c1Cl. The van der Waals surface area contributed by atoms with Gasteiger partial charge in [0.15, 0.2) is 0 Å². The van der Waals surface area contributed by atoms with Gasteiger partial charge in [0.1, 0.15) is 0 Å². The highest BCUT2D eigenvalue weighted by Gasteiger charge is 2.37. The van der Waals surface area contributed by atoms with Crippen molar-refractivity contribution in [2.24, 2.45) is 18.2 Å². The highest BCUT2D eigenvalue weighted by atomic mass is 35.5. The molecule has 2 rings (SSSR count). The fraction of sp³-hybridized carbons (Fsp3) is 0.727. The van der Waals surface area contributed by atoms with Gasteiger partial charge in [-0.05, 0) is 38.1 Å². The Labute approximate surface area is 95.6 Å². The minimum atomic E-state index is 0.296. The maximum absolute atomic E-state index is 6.23. The minimum absolute atomic E-state index is 0.296. The monoisotopic (exact) mass is 227 g/mol. The van der Waals surface area contributed by atoms with Crippen LogP contribution in [0.25, 0.3) is 0 Å². The van der Waals surface area contributed by atoms with E-state index in [9.17, 15) is 0 Å². The Morgan fingerprint density at radius 3 is 2.53 bits per heavy atom. The third-order valence-electron chi connectivity index (χ3n) is 3.65. The number of hydrogen-bond donors (Lipinski definition) is 1. The Morgan fingerprint density at radius 2 is 2.20 bits per heavy atom. The van der Waals surface area contributed by atoms with Crippen LogP contribution >= 0.6 is 11.6 Å². The van der Waals surface area contributed by atoms with E-state index >= 15 is 0 Å². The Hall–Kier alpha value is -0.540. The van der Waals surface area contributed by atoms with Gasteiger partial charge in [-0.1, -0.05) is 18.0 Å². The molecule has 0 atom stereocenters. The first-order chi connectivity index (χ1) is 7.08. The van der Waals surface area contributed by atoms with Crippen molar-refractivity contribution in [1.82, 2.24) is 9.78 Å². The second-order valence-corrected chi connectivity index (χ2v) is 5.08. The molecule has 0 aromatic carbocycles. The molecule has 1 fully saturated rings. The number of nitrogens with two attached hydrogens (primary N) is 1.